The van der Waals surface area contributed by atoms with Crippen LogP contribution in [0.2, 0.25) is 0 Å². The molecule has 0 saturated heterocycles. The van der Waals surface area contributed by atoms with Crippen LogP contribution < -0.4 is 5.73 Å². The number of nitrogens with zero attached hydrogens (tertiary/aromatic N) is 2. The number of aromatic hydroxyl groups is 1. The molecular formula is C16H17N3O. The molecule has 0 amide bonds. The summed E-state index contributed by atoms with van der Waals surface area (Å²) in [5, 5.41) is 9.80. The van der Waals surface area contributed by atoms with Gasteiger partial charge in [0.25, 0.3) is 0 Å². The summed E-state index contributed by atoms with van der Waals surface area (Å²) in [5.41, 5.74) is 9.00. The first-order valence-corrected chi connectivity index (χ1v) is 6.75. The second-order valence-corrected chi connectivity index (χ2v) is 4.85. The molecule has 0 atom stereocenters. The van der Waals surface area contributed by atoms with Crippen LogP contribution in [-0.4, -0.2) is 14.7 Å². The maximum Gasteiger partial charge on any atom is 0.141 e. The van der Waals surface area contributed by atoms with E-state index >= 15 is 0 Å². The standard InChI is InChI=1S/C16H17N3O/c1-2-9-19-14-6-4-3-5-13(14)18-16(19)11-7-8-12(17)15(20)10-11/h3-8,10,20H,2,9,17H2,1H3. The lowest BCUT2D eigenvalue weighted by atomic mass is 10.2. The minimum atomic E-state index is 0.0950. The second-order valence-electron chi connectivity index (χ2n) is 4.85. The molecule has 0 fully saturated rings. The van der Waals surface area contributed by atoms with E-state index < -0.39 is 0 Å². The number of aryl methyl sites for hydroxylation is 1. The van der Waals surface area contributed by atoms with Crippen LogP contribution in [0.4, 0.5) is 5.69 Å². The molecule has 1 aromatic heterocycles. The quantitative estimate of drug-likeness (QED) is 0.564. The van der Waals surface area contributed by atoms with Crippen molar-refractivity contribution in [1.29, 1.82) is 0 Å². The normalized spacial score (nSPS) is 11.1. The molecule has 3 aromatic rings. The molecule has 102 valence electrons. The van der Waals surface area contributed by atoms with Crippen LogP contribution in [0.5, 0.6) is 5.75 Å². The fourth-order valence-corrected chi connectivity index (χ4v) is 2.43. The first-order valence-electron chi connectivity index (χ1n) is 6.75. The van der Waals surface area contributed by atoms with E-state index in [4.69, 9.17) is 5.73 Å². The number of rotatable bonds is 3. The molecule has 0 aliphatic heterocycles. The number of para-hydroxylation sites is 2. The lowest BCUT2D eigenvalue weighted by Crippen LogP contribution is -1.99. The van der Waals surface area contributed by atoms with E-state index in [1.165, 1.54) is 0 Å². The third-order valence-corrected chi connectivity index (χ3v) is 3.39. The maximum absolute atomic E-state index is 9.80. The Bertz CT molecular complexity index is 762. The van der Waals surface area contributed by atoms with E-state index in [0.717, 1.165) is 35.4 Å². The number of hydrogen-bond donors (Lipinski definition) is 2. The lowest BCUT2D eigenvalue weighted by molar-refractivity contribution is 0.478. The zero-order valence-corrected chi connectivity index (χ0v) is 11.4. The fourth-order valence-electron chi connectivity index (χ4n) is 2.43. The summed E-state index contributed by atoms with van der Waals surface area (Å²) in [4.78, 5) is 4.68. The zero-order valence-electron chi connectivity index (χ0n) is 11.4. The summed E-state index contributed by atoms with van der Waals surface area (Å²) in [7, 11) is 0. The van der Waals surface area contributed by atoms with Crippen molar-refractivity contribution in [2.75, 3.05) is 5.73 Å². The molecular weight excluding hydrogens is 250 g/mol. The molecule has 1 heterocycles. The maximum atomic E-state index is 9.80. The van der Waals surface area contributed by atoms with Crippen LogP contribution in [0.1, 0.15) is 13.3 Å². The van der Waals surface area contributed by atoms with E-state index in [1.807, 2.05) is 24.3 Å². The summed E-state index contributed by atoms with van der Waals surface area (Å²) in [6, 6.07) is 13.3. The summed E-state index contributed by atoms with van der Waals surface area (Å²) < 4.78 is 2.18. The first kappa shape index (κ1) is 12.5. The summed E-state index contributed by atoms with van der Waals surface area (Å²) in [6.07, 6.45) is 1.02. The largest absolute Gasteiger partial charge is 0.506 e. The van der Waals surface area contributed by atoms with Gasteiger partial charge in [-0.2, -0.15) is 0 Å². The van der Waals surface area contributed by atoms with Gasteiger partial charge in [0.1, 0.15) is 11.6 Å². The van der Waals surface area contributed by atoms with Gasteiger partial charge in [-0.25, -0.2) is 4.98 Å². The number of benzene rings is 2. The predicted molar refractivity (Wildman–Crippen MR) is 81.5 cm³/mol. The van der Waals surface area contributed by atoms with Crippen LogP contribution in [0.25, 0.3) is 22.4 Å². The lowest BCUT2D eigenvalue weighted by Gasteiger charge is -2.08. The van der Waals surface area contributed by atoms with Gasteiger partial charge in [0.15, 0.2) is 0 Å². The Morgan fingerprint density at radius 1 is 1.20 bits per heavy atom. The highest BCUT2D eigenvalue weighted by molar-refractivity contribution is 5.81. The Balaban J connectivity index is 2.23. The molecule has 2 aromatic carbocycles. The smallest absolute Gasteiger partial charge is 0.141 e. The number of phenolic OH excluding ortho intramolecular Hbond substituents is 1. The van der Waals surface area contributed by atoms with Crippen LogP contribution >= 0.6 is 0 Å². The minimum absolute atomic E-state index is 0.0950. The van der Waals surface area contributed by atoms with Gasteiger partial charge in [0.2, 0.25) is 0 Å². The number of aromatic nitrogens is 2. The highest BCUT2D eigenvalue weighted by atomic mass is 16.3. The van der Waals surface area contributed by atoms with E-state index in [-0.39, 0.29) is 5.75 Å². The van der Waals surface area contributed by atoms with Gasteiger partial charge in [0, 0.05) is 12.1 Å². The van der Waals surface area contributed by atoms with Crippen molar-refractivity contribution >= 4 is 16.7 Å². The number of anilines is 1. The number of phenols is 1. The van der Waals surface area contributed by atoms with Gasteiger partial charge < -0.3 is 15.4 Å². The molecule has 0 bridgehead atoms. The van der Waals surface area contributed by atoms with Crippen molar-refractivity contribution in [3.8, 4) is 17.1 Å². The second kappa shape index (κ2) is 4.89. The fraction of sp³-hybridized carbons (Fsp3) is 0.188. The molecule has 0 spiro atoms. The van der Waals surface area contributed by atoms with Gasteiger partial charge in [0.05, 0.1) is 16.7 Å². The molecule has 4 nitrogen and oxygen atoms in total. The minimum Gasteiger partial charge on any atom is -0.506 e. The van der Waals surface area contributed by atoms with Crippen LogP contribution in [0, 0.1) is 0 Å². The highest BCUT2D eigenvalue weighted by Gasteiger charge is 2.12. The Kier molecular flexibility index (Phi) is 3.06. The average Bonchev–Trinajstić information content (AvgIpc) is 2.82. The van der Waals surface area contributed by atoms with E-state index in [1.54, 1.807) is 12.1 Å². The molecule has 0 saturated carbocycles. The van der Waals surface area contributed by atoms with Crippen LogP contribution in [0.15, 0.2) is 42.5 Å². The predicted octanol–water partition coefficient (Wildman–Crippen LogP) is 3.40. The molecule has 0 unspecified atom stereocenters. The van der Waals surface area contributed by atoms with Gasteiger partial charge in [-0.3, -0.25) is 0 Å². The first-order chi connectivity index (χ1) is 9.70. The van der Waals surface area contributed by atoms with E-state index in [9.17, 15) is 5.11 Å². The molecule has 3 N–H and O–H groups in total. The zero-order chi connectivity index (χ0) is 14.1. The molecule has 0 radical (unpaired) electrons. The van der Waals surface area contributed by atoms with E-state index in [0.29, 0.717) is 5.69 Å². The van der Waals surface area contributed by atoms with Crippen molar-refractivity contribution in [1.82, 2.24) is 9.55 Å². The monoisotopic (exact) mass is 267 g/mol. The summed E-state index contributed by atoms with van der Waals surface area (Å²) in [5.74, 6) is 0.959. The molecule has 0 aliphatic carbocycles. The molecule has 0 aliphatic rings. The van der Waals surface area contributed by atoms with Gasteiger partial charge in [-0.15, -0.1) is 0 Å². The van der Waals surface area contributed by atoms with Crippen molar-refractivity contribution in [3.05, 3.63) is 42.5 Å². The number of imidazole rings is 1. The Morgan fingerprint density at radius 2 is 2.00 bits per heavy atom. The summed E-state index contributed by atoms with van der Waals surface area (Å²) >= 11 is 0. The summed E-state index contributed by atoms with van der Waals surface area (Å²) in [6.45, 7) is 3.03. The van der Waals surface area contributed by atoms with Gasteiger partial charge in [-0.05, 0) is 36.8 Å². The SMILES string of the molecule is CCCn1c(-c2ccc(N)c(O)c2)nc2ccccc21. The number of nitrogens with two attached hydrogens (primary N) is 1. The molecule has 3 rings (SSSR count). The van der Waals surface area contributed by atoms with Crippen molar-refractivity contribution in [2.24, 2.45) is 0 Å². The molecule has 4 heteroatoms. The molecule has 20 heavy (non-hydrogen) atoms. The van der Waals surface area contributed by atoms with Gasteiger partial charge in [-0.1, -0.05) is 19.1 Å². The third kappa shape index (κ3) is 1.99. The topological polar surface area (TPSA) is 64.1 Å². The van der Waals surface area contributed by atoms with E-state index in [2.05, 4.69) is 22.5 Å². The average molecular weight is 267 g/mol. The third-order valence-electron chi connectivity index (χ3n) is 3.39. The Morgan fingerprint density at radius 3 is 2.75 bits per heavy atom. The van der Waals surface area contributed by atoms with Gasteiger partial charge >= 0.3 is 0 Å². The highest BCUT2D eigenvalue weighted by Crippen LogP contribution is 2.30. The number of nitrogen functional groups attached to an aromatic ring is 1. The Labute approximate surface area is 117 Å². The Hall–Kier alpha value is -2.49. The van der Waals surface area contributed by atoms with Crippen LogP contribution in [-0.2, 0) is 6.54 Å². The number of fused-ring (bicyclic) bond motifs is 1. The van der Waals surface area contributed by atoms with Crippen molar-refractivity contribution < 1.29 is 5.11 Å². The van der Waals surface area contributed by atoms with Crippen molar-refractivity contribution in [3.63, 3.8) is 0 Å². The number of hydrogen-bond acceptors (Lipinski definition) is 3. The van der Waals surface area contributed by atoms with Crippen molar-refractivity contribution in [2.45, 2.75) is 19.9 Å². The van der Waals surface area contributed by atoms with Crippen LogP contribution in [0.3, 0.4) is 0 Å².